The van der Waals surface area contributed by atoms with Crippen LogP contribution in [0.25, 0.3) is 0 Å². The van der Waals surface area contributed by atoms with E-state index < -0.39 is 0 Å². The molecule has 1 amide bonds. The van der Waals surface area contributed by atoms with Gasteiger partial charge in [0.15, 0.2) is 0 Å². The molecule has 0 aromatic heterocycles. The van der Waals surface area contributed by atoms with Crippen molar-refractivity contribution in [1.82, 2.24) is 10.2 Å². The first kappa shape index (κ1) is 12.4. The summed E-state index contributed by atoms with van der Waals surface area (Å²) in [4.78, 5) is 14.0. The third kappa shape index (κ3) is 2.86. The summed E-state index contributed by atoms with van der Waals surface area (Å²) >= 11 is 0. The third-order valence-electron chi connectivity index (χ3n) is 4.58. The van der Waals surface area contributed by atoms with Crippen LogP contribution in [-0.4, -0.2) is 48.7 Å². The van der Waals surface area contributed by atoms with Crippen LogP contribution in [0.15, 0.2) is 0 Å². The third-order valence-corrected chi connectivity index (χ3v) is 4.58. The summed E-state index contributed by atoms with van der Waals surface area (Å²) in [5.41, 5.74) is 0. The molecule has 2 unspecified atom stereocenters. The highest BCUT2D eigenvalue weighted by atomic mass is 16.5. The molecule has 0 aliphatic carbocycles. The molecule has 0 saturated carbocycles. The first-order valence-electron chi connectivity index (χ1n) is 7.46. The van der Waals surface area contributed by atoms with Gasteiger partial charge in [0.1, 0.15) is 6.61 Å². The number of nitrogens with zero attached hydrogens (tertiary/aromatic N) is 1. The highest BCUT2D eigenvalue weighted by molar-refractivity contribution is 5.77. The molecule has 4 nitrogen and oxygen atoms in total. The van der Waals surface area contributed by atoms with Crippen molar-refractivity contribution in [1.29, 1.82) is 0 Å². The van der Waals surface area contributed by atoms with Gasteiger partial charge in [0.25, 0.3) is 0 Å². The van der Waals surface area contributed by atoms with E-state index in [0.717, 1.165) is 38.8 Å². The molecule has 3 heterocycles. The smallest absolute Gasteiger partial charge is 0.248 e. The number of hydrogen-bond acceptors (Lipinski definition) is 3. The summed E-state index contributed by atoms with van der Waals surface area (Å²) in [7, 11) is 0. The molecule has 3 aliphatic rings. The lowest BCUT2D eigenvalue weighted by atomic mass is 10.0. The zero-order valence-electron chi connectivity index (χ0n) is 11.1. The second kappa shape index (κ2) is 5.57. The zero-order chi connectivity index (χ0) is 12.4. The second-order valence-corrected chi connectivity index (χ2v) is 5.98. The van der Waals surface area contributed by atoms with Gasteiger partial charge in [-0.25, -0.2) is 0 Å². The first-order valence-corrected chi connectivity index (χ1v) is 7.46. The lowest BCUT2D eigenvalue weighted by molar-refractivity contribution is -0.139. The van der Waals surface area contributed by atoms with Crippen molar-refractivity contribution in [2.24, 2.45) is 0 Å². The van der Waals surface area contributed by atoms with Crippen molar-refractivity contribution in [3.8, 4) is 0 Å². The number of nitrogens with one attached hydrogen (secondary N) is 1. The Balaban J connectivity index is 1.42. The number of carbonyl (C=O) groups excluding carboxylic acids is 1. The van der Waals surface area contributed by atoms with Gasteiger partial charge in [-0.2, -0.15) is 0 Å². The topological polar surface area (TPSA) is 41.6 Å². The molecule has 0 spiro atoms. The molecule has 0 aromatic carbocycles. The Labute approximate surface area is 109 Å². The van der Waals surface area contributed by atoms with E-state index in [1.54, 1.807) is 0 Å². The summed E-state index contributed by atoms with van der Waals surface area (Å²) in [6.45, 7) is 2.16. The molecule has 3 fully saturated rings. The number of amides is 1. The Morgan fingerprint density at radius 2 is 1.78 bits per heavy atom. The molecule has 3 aliphatic heterocycles. The highest BCUT2D eigenvalue weighted by Crippen LogP contribution is 2.28. The summed E-state index contributed by atoms with van der Waals surface area (Å²) in [5, 5.41) is 3.60. The number of carbonyl (C=O) groups is 1. The van der Waals surface area contributed by atoms with E-state index in [0.29, 0.717) is 24.8 Å². The number of fused-ring (bicyclic) bond motifs is 2. The maximum Gasteiger partial charge on any atom is 0.248 e. The van der Waals surface area contributed by atoms with E-state index >= 15 is 0 Å². The van der Waals surface area contributed by atoms with E-state index in [-0.39, 0.29) is 5.91 Å². The number of piperidine rings is 2. The molecule has 3 rings (SSSR count). The normalized spacial score (nSPS) is 35.8. The monoisotopic (exact) mass is 252 g/mol. The lowest BCUT2D eigenvalue weighted by Gasteiger charge is -2.31. The van der Waals surface area contributed by atoms with E-state index in [9.17, 15) is 4.79 Å². The summed E-state index contributed by atoms with van der Waals surface area (Å²) in [6.07, 6.45) is 8.62. The number of hydrogen-bond donors (Lipinski definition) is 1. The molecule has 0 aromatic rings. The minimum Gasteiger partial charge on any atom is -0.368 e. The quantitative estimate of drug-likeness (QED) is 0.823. The standard InChI is InChI=1S/C14H24N2O2/c17-14(16-6-2-1-3-7-16)10-18-13-8-11-4-5-12(9-13)15-11/h11-13,15H,1-10H2. The number of likely N-dealkylation sites (tertiary alicyclic amines) is 1. The largest absolute Gasteiger partial charge is 0.368 e. The summed E-state index contributed by atoms with van der Waals surface area (Å²) < 4.78 is 5.85. The van der Waals surface area contributed by atoms with Crippen molar-refractivity contribution < 1.29 is 9.53 Å². The van der Waals surface area contributed by atoms with Crippen molar-refractivity contribution in [3.63, 3.8) is 0 Å². The van der Waals surface area contributed by atoms with E-state index in [1.807, 2.05) is 4.90 Å². The van der Waals surface area contributed by atoms with Gasteiger partial charge < -0.3 is 15.0 Å². The fraction of sp³-hybridized carbons (Fsp3) is 0.929. The van der Waals surface area contributed by atoms with E-state index in [1.165, 1.54) is 19.3 Å². The summed E-state index contributed by atoms with van der Waals surface area (Å²) in [5.74, 6) is 0.195. The molecular formula is C14H24N2O2. The van der Waals surface area contributed by atoms with Gasteiger partial charge in [0.2, 0.25) is 5.91 Å². The average molecular weight is 252 g/mol. The molecule has 3 saturated heterocycles. The van der Waals surface area contributed by atoms with Gasteiger partial charge in [-0.15, -0.1) is 0 Å². The first-order chi connectivity index (χ1) is 8.81. The number of rotatable bonds is 3. The summed E-state index contributed by atoms with van der Waals surface area (Å²) in [6, 6.07) is 1.28. The Morgan fingerprint density at radius 3 is 2.44 bits per heavy atom. The lowest BCUT2D eigenvalue weighted by Crippen LogP contribution is -2.43. The Kier molecular flexibility index (Phi) is 3.85. The fourth-order valence-electron chi connectivity index (χ4n) is 3.56. The minimum absolute atomic E-state index is 0.195. The predicted octanol–water partition coefficient (Wildman–Crippen LogP) is 1.30. The SMILES string of the molecule is O=C(COC1CC2CCC(C1)N2)N1CCCCC1. The van der Waals surface area contributed by atoms with E-state index in [2.05, 4.69) is 5.32 Å². The van der Waals surface area contributed by atoms with Crippen LogP contribution in [-0.2, 0) is 9.53 Å². The Morgan fingerprint density at radius 1 is 1.11 bits per heavy atom. The van der Waals surface area contributed by atoms with Gasteiger partial charge in [0, 0.05) is 25.2 Å². The van der Waals surface area contributed by atoms with Crippen molar-refractivity contribution >= 4 is 5.91 Å². The maximum atomic E-state index is 12.0. The molecule has 0 radical (unpaired) electrons. The van der Waals surface area contributed by atoms with E-state index in [4.69, 9.17) is 4.74 Å². The Hall–Kier alpha value is -0.610. The van der Waals surface area contributed by atoms with Gasteiger partial charge in [0.05, 0.1) is 6.10 Å². The molecule has 1 N–H and O–H groups in total. The van der Waals surface area contributed by atoms with Crippen LogP contribution in [0.2, 0.25) is 0 Å². The number of ether oxygens (including phenoxy) is 1. The maximum absolute atomic E-state index is 12.0. The van der Waals surface area contributed by atoms with Gasteiger partial charge in [-0.05, 0) is 44.9 Å². The Bertz CT molecular complexity index is 290. The van der Waals surface area contributed by atoms with Crippen LogP contribution in [0, 0.1) is 0 Å². The molecule has 4 heteroatoms. The van der Waals surface area contributed by atoms with Crippen molar-refractivity contribution in [2.45, 2.75) is 63.1 Å². The zero-order valence-corrected chi connectivity index (χ0v) is 11.1. The molecule has 2 atom stereocenters. The van der Waals surface area contributed by atoms with Gasteiger partial charge in [-0.3, -0.25) is 4.79 Å². The molecule has 2 bridgehead atoms. The van der Waals surface area contributed by atoms with Gasteiger partial charge in [-0.1, -0.05) is 0 Å². The minimum atomic E-state index is 0.195. The highest BCUT2D eigenvalue weighted by Gasteiger charge is 2.34. The van der Waals surface area contributed by atoms with Gasteiger partial charge >= 0.3 is 0 Å². The van der Waals surface area contributed by atoms with Crippen molar-refractivity contribution in [3.05, 3.63) is 0 Å². The van der Waals surface area contributed by atoms with Crippen molar-refractivity contribution in [2.75, 3.05) is 19.7 Å². The molecule has 102 valence electrons. The van der Waals surface area contributed by atoms with Crippen LogP contribution >= 0.6 is 0 Å². The van der Waals surface area contributed by atoms with Crippen LogP contribution in [0.4, 0.5) is 0 Å². The van der Waals surface area contributed by atoms with Crippen LogP contribution < -0.4 is 5.32 Å². The van der Waals surface area contributed by atoms with Crippen LogP contribution in [0.5, 0.6) is 0 Å². The fourth-order valence-corrected chi connectivity index (χ4v) is 3.56. The predicted molar refractivity (Wildman–Crippen MR) is 69.4 cm³/mol. The second-order valence-electron chi connectivity index (χ2n) is 5.98. The molecular weight excluding hydrogens is 228 g/mol. The average Bonchev–Trinajstić information content (AvgIpc) is 2.76. The van der Waals surface area contributed by atoms with Crippen LogP contribution in [0.3, 0.4) is 0 Å². The van der Waals surface area contributed by atoms with Crippen LogP contribution in [0.1, 0.15) is 44.9 Å². The molecule has 18 heavy (non-hydrogen) atoms.